The van der Waals surface area contributed by atoms with Crippen LogP contribution in [-0.4, -0.2) is 57.4 Å². The van der Waals surface area contributed by atoms with Gasteiger partial charge in [-0.2, -0.15) is 0 Å². The molecular formula is C12H28N4O4Si. The molecule has 0 fully saturated rings. The van der Waals surface area contributed by atoms with Crippen molar-refractivity contribution in [2.45, 2.75) is 39.5 Å². The second kappa shape index (κ2) is 9.58. The van der Waals surface area contributed by atoms with Crippen LogP contribution < -0.4 is 11.5 Å². The van der Waals surface area contributed by atoms with E-state index in [1.54, 1.807) is 0 Å². The molecule has 0 aliphatic carbocycles. The number of urea groups is 2. The minimum atomic E-state index is -3.49. The topological polar surface area (TPSA) is 111 Å². The van der Waals surface area contributed by atoms with E-state index in [4.69, 9.17) is 20.3 Å². The maximum Gasteiger partial charge on any atom is 0.595 e. The normalized spacial score (nSPS) is 11.2. The van der Waals surface area contributed by atoms with Gasteiger partial charge in [-0.1, -0.05) is 26.7 Å². The number of carbonyl (C=O) groups excluding carboxylic acids is 2. The van der Waals surface area contributed by atoms with E-state index in [0.717, 1.165) is 25.7 Å². The smallest absolute Gasteiger partial charge is 0.365 e. The van der Waals surface area contributed by atoms with Gasteiger partial charge in [0.05, 0.1) is 0 Å². The van der Waals surface area contributed by atoms with Crippen LogP contribution in [0.15, 0.2) is 0 Å². The number of hydrogen-bond donors (Lipinski definition) is 2. The fourth-order valence-corrected chi connectivity index (χ4v) is 4.86. The molecule has 0 aromatic heterocycles. The zero-order chi connectivity index (χ0) is 16.5. The highest BCUT2D eigenvalue weighted by molar-refractivity contribution is 6.66. The molecule has 0 heterocycles. The van der Waals surface area contributed by atoms with E-state index in [2.05, 4.69) is 0 Å². The van der Waals surface area contributed by atoms with Crippen LogP contribution in [-0.2, 0) is 8.85 Å². The summed E-state index contributed by atoms with van der Waals surface area (Å²) in [6.07, 6.45) is 3.19. The zero-order valence-corrected chi connectivity index (χ0v) is 14.4. The molecule has 0 bridgehead atoms. The Morgan fingerprint density at radius 3 is 1.43 bits per heavy atom. The first kappa shape index (κ1) is 19.7. The molecule has 21 heavy (non-hydrogen) atoms. The minimum absolute atomic E-state index is 0.357. The predicted octanol–water partition coefficient (Wildman–Crippen LogP) is 1.08. The van der Waals surface area contributed by atoms with E-state index in [1.807, 2.05) is 13.8 Å². The third-order valence-corrected chi connectivity index (χ3v) is 6.53. The first-order chi connectivity index (χ1) is 9.91. The largest absolute Gasteiger partial charge is 0.595 e. The number of nitrogens with zero attached hydrogens (tertiary/aromatic N) is 2. The average molecular weight is 320 g/mol. The van der Waals surface area contributed by atoms with Crippen molar-refractivity contribution in [2.24, 2.45) is 11.5 Å². The highest BCUT2D eigenvalue weighted by Crippen LogP contribution is 2.19. The van der Waals surface area contributed by atoms with Gasteiger partial charge in [-0.05, 0) is 12.8 Å². The summed E-state index contributed by atoms with van der Waals surface area (Å²) in [5.41, 5.74) is 10.9. The molecule has 0 spiro atoms. The van der Waals surface area contributed by atoms with Gasteiger partial charge in [0.1, 0.15) is 0 Å². The van der Waals surface area contributed by atoms with Crippen molar-refractivity contribution < 1.29 is 18.4 Å². The van der Waals surface area contributed by atoms with Crippen LogP contribution in [0.25, 0.3) is 0 Å². The second-order valence-corrected chi connectivity index (χ2v) is 7.64. The van der Waals surface area contributed by atoms with Gasteiger partial charge in [0.25, 0.3) is 0 Å². The summed E-state index contributed by atoms with van der Waals surface area (Å²) < 4.78 is 13.6. The molecule has 0 rings (SSSR count). The summed E-state index contributed by atoms with van der Waals surface area (Å²) in [4.78, 5) is 23.6. The third kappa shape index (κ3) is 4.86. The van der Waals surface area contributed by atoms with Crippen molar-refractivity contribution in [1.82, 2.24) is 9.13 Å². The predicted molar refractivity (Wildman–Crippen MR) is 82.2 cm³/mol. The van der Waals surface area contributed by atoms with E-state index < -0.39 is 20.9 Å². The van der Waals surface area contributed by atoms with Gasteiger partial charge in [0.15, 0.2) is 0 Å². The number of amides is 4. The molecule has 0 aliphatic rings. The van der Waals surface area contributed by atoms with Crippen molar-refractivity contribution in [3.05, 3.63) is 0 Å². The minimum Gasteiger partial charge on any atom is -0.365 e. The Morgan fingerprint density at radius 2 is 1.24 bits per heavy atom. The van der Waals surface area contributed by atoms with Gasteiger partial charge in [-0.25, -0.2) is 9.59 Å². The van der Waals surface area contributed by atoms with Gasteiger partial charge in [0, 0.05) is 27.3 Å². The molecule has 0 radical (unpaired) electrons. The van der Waals surface area contributed by atoms with Crippen LogP contribution in [0, 0.1) is 0 Å². The Hall–Kier alpha value is -1.32. The van der Waals surface area contributed by atoms with E-state index in [-0.39, 0.29) is 0 Å². The van der Waals surface area contributed by atoms with Crippen LogP contribution in [0.5, 0.6) is 0 Å². The number of unbranched alkanes of at least 4 members (excludes halogenated alkanes) is 2. The maximum atomic E-state index is 11.8. The fraction of sp³-hybridized carbons (Fsp3) is 0.833. The summed E-state index contributed by atoms with van der Waals surface area (Å²) in [5.74, 6) is 0. The lowest BCUT2D eigenvalue weighted by Gasteiger charge is -2.42. The molecule has 0 saturated carbocycles. The van der Waals surface area contributed by atoms with Gasteiger partial charge in [-0.3, -0.25) is 9.13 Å². The van der Waals surface area contributed by atoms with Gasteiger partial charge < -0.3 is 20.3 Å². The number of primary amides is 2. The Labute approximate surface area is 127 Å². The van der Waals surface area contributed by atoms with Crippen molar-refractivity contribution in [3.63, 3.8) is 0 Å². The Morgan fingerprint density at radius 1 is 0.905 bits per heavy atom. The number of nitrogens with two attached hydrogens (primary N) is 2. The molecular weight excluding hydrogens is 292 g/mol. The first-order valence-electron chi connectivity index (χ1n) is 7.15. The standard InChI is InChI=1S/C12H28N4O4Si/c1-5-7-9-15(11(13)17)21(19-3,20-4)16(12(14)18)10-8-6-2/h5-10H2,1-4H3,(H2,13,17)(H2,14,18). The van der Waals surface area contributed by atoms with Gasteiger partial charge >= 0.3 is 20.9 Å². The molecule has 0 atom stereocenters. The fourth-order valence-electron chi connectivity index (χ4n) is 2.08. The molecule has 0 aromatic carbocycles. The average Bonchev–Trinajstić information content (AvgIpc) is 2.45. The molecule has 0 unspecified atom stereocenters. The maximum absolute atomic E-state index is 11.8. The van der Waals surface area contributed by atoms with Crippen LogP contribution in [0.1, 0.15) is 39.5 Å². The van der Waals surface area contributed by atoms with Gasteiger partial charge in [0.2, 0.25) is 0 Å². The first-order valence-corrected chi connectivity index (χ1v) is 8.86. The Balaban J connectivity index is 5.58. The lowest BCUT2D eigenvalue weighted by Crippen LogP contribution is -2.73. The summed E-state index contributed by atoms with van der Waals surface area (Å²) in [6, 6.07) is -1.36. The molecule has 8 nitrogen and oxygen atoms in total. The van der Waals surface area contributed by atoms with Crippen molar-refractivity contribution in [3.8, 4) is 0 Å². The Kier molecular flexibility index (Phi) is 8.98. The summed E-state index contributed by atoms with van der Waals surface area (Å²) >= 11 is 0. The quantitative estimate of drug-likeness (QED) is 0.586. The molecule has 9 heteroatoms. The lowest BCUT2D eigenvalue weighted by atomic mass is 10.3. The van der Waals surface area contributed by atoms with Crippen LogP contribution in [0.3, 0.4) is 0 Å². The Bertz CT molecular complexity index is 311. The molecule has 124 valence electrons. The zero-order valence-electron chi connectivity index (χ0n) is 13.4. The molecule has 4 N–H and O–H groups in total. The van der Waals surface area contributed by atoms with E-state index in [9.17, 15) is 9.59 Å². The van der Waals surface area contributed by atoms with E-state index in [1.165, 1.54) is 23.4 Å². The number of rotatable bonds is 10. The van der Waals surface area contributed by atoms with Crippen LogP contribution >= 0.6 is 0 Å². The van der Waals surface area contributed by atoms with Gasteiger partial charge in [-0.15, -0.1) is 0 Å². The molecule has 0 aromatic rings. The van der Waals surface area contributed by atoms with Crippen LogP contribution in [0.2, 0.25) is 0 Å². The van der Waals surface area contributed by atoms with Crippen molar-refractivity contribution in [1.29, 1.82) is 0 Å². The highest BCUT2D eigenvalue weighted by Gasteiger charge is 2.55. The second-order valence-electron chi connectivity index (χ2n) is 4.64. The molecule has 0 aliphatic heterocycles. The summed E-state index contributed by atoms with van der Waals surface area (Å²) in [5, 5.41) is 0. The monoisotopic (exact) mass is 320 g/mol. The van der Waals surface area contributed by atoms with Crippen molar-refractivity contribution in [2.75, 3.05) is 27.3 Å². The van der Waals surface area contributed by atoms with Crippen LogP contribution in [0.4, 0.5) is 9.59 Å². The van der Waals surface area contributed by atoms with E-state index in [0.29, 0.717) is 13.1 Å². The lowest BCUT2D eigenvalue weighted by molar-refractivity contribution is 0.113. The highest BCUT2D eigenvalue weighted by atomic mass is 28.4. The molecule has 4 amide bonds. The number of hydrogen-bond acceptors (Lipinski definition) is 4. The SMILES string of the molecule is CCCCN(C(N)=O)[Si](OC)(OC)N(CCCC)C(N)=O. The van der Waals surface area contributed by atoms with E-state index >= 15 is 0 Å². The third-order valence-electron chi connectivity index (χ3n) is 3.22. The molecule has 0 saturated heterocycles. The van der Waals surface area contributed by atoms with Crippen molar-refractivity contribution >= 4 is 20.9 Å². The number of carbonyl (C=O) groups is 2. The summed E-state index contributed by atoms with van der Waals surface area (Å²) in [6.45, 7) is 4.70. The summed E-state index contributed by atoms with van der Waals surface area (Å²) in [7, 11) is -0.681.